The van der Waals surface area contributed by atoms with Gasteiger partial charge in [-0.2, -0.15) is 8.42 Å². The first-order valence-electron chi connectivity index (χ1n) is 13.3. The van der Waals surface area contributed by atoms with Crippen molar-refractivity contribution in [3.8, 4) is 0 Å². The average molecular weight is 555 g/mol. The number of hydrogen-bond donors (Lipinski definition) is 1. The molecule has 39 heavy (non-hydrogen) atoms. The molecule has 3 aromatic rings. The Bertz CT molecular complexity index is 1190. The van der Waals surface area contributed by atoms with E-state index in [2.05, 4.69) is 28.1 Å². The first-order chi connectivity index (χ1) is 18.8. The fourth-order valence-corrected chi connectivity index (χ4v) is 4.84. The molecule has 0 aliphatic carbocycles. The summed E-state index contributed by atoms with van der Waals surface area (Å²) in [6, 6.07) is 20.4. The normalized spacial score (nSPS) is 15.2. The summed E-state index contributed by atoms with van der Waals surface area (Å²) in [5.41, 5.74) is 3.20. The van der Waals surface area contributed by atoms with Crippen molar-refractivity contribution in [1.82, 2.24) is 9.88 Å². The summed E-state index contributed by atoms with van der Waals surface area (Å²) >= 11 is 0. The Morgan fingerprint density at radius 1 is 1.03 bits per heavy atom. The van der Waals surface area contributed by atoms with E-state index >= 15 is 0 Å². The molecule has 9 heteroatoms. The SMILES string of the molecule is CCOC(=O)CCCN1CCC(OC(c2ccccc2)c2cccnc2)CC1.Cc1ccc(S(=O)(=O)O)cc1. The van der Waals surface area contributed by atoms with Crippen LogP contribution in [0.5, 0.6) is 0 Å². The zero-order chi connectivity index (χ0) is 28.1. The molecular formula is C30H38N2O6S. The van der Waals surface area contributed by atoms with Crippen LogP contribution < -0.4 is 0 Å². The van der Waals surface area contributed by atoms with Crippen molar-refractivity contribution in [2.75, 3.05) is 26.2 Å². The van der Waals surface area contributed by atoms with Gasteiger partial charge in [0.05, 0.1) is 17.6 Å². The average Bonchev–Trinajstić information content (AvgIpc) is 2.94. The van der Waals surface area contributed by atoms with E-state index in [1.807, 2.05) is 44.3 Å². The van der Waals surface area contributed by atoms with E-state index in [0.717, 1.165) is 55.6 Å². The van der Waals surface area contributed by atoms with Gasteiger partial charge in [-0.25, -0.2) is 0 Å². The van der Waals surface area contributed by atoms with E-state index in [4.69, 9.17) is 14.0 Å². The van der Waals surface area contributed by atoms with Crippen LogP contribution in [0.4, 0.5) is 0 Å². The molecule has 4 rings (SSSR count). The number of rotatable bonds is 10. The third-order valence-corrected chi connectivity index (χ3v) is 7.30. The van der Waals surface area contributed by atoms with Gasteiger partial charge in [-0.3, -0.25) is 14.3 Å². The van der Waals surface area contributed by atoms with E-state index in [1.54, 1.807) is 18.3 Å². The molecule has 1 aromatic heterocycles. The third-order valence-electron chi connectivity index (χ3n) is 6.43. The lowest BCUT2D eigenvalue weighted by molar-refractivity contribution is -0.143. The highest BCUT2D eigenvalue weighted by Crippen LogP contribution is 2.29. The number of aryl methyl sites for hydroxylation is 1. The second-order valence-electron chi connectivity index (χ2n) is 9.45. The first-order valence-corrected chi connectivity index (χ1v) is 14.7. The molecule has 0 saturated carbocycles. The molecule has 2 heterocycles. The number of benzene rings is 2. The topological polar surface area (TPSA) is 106 Å². The van der Waals surface area contributed by atoms with Crippen LogP contribution in [0.3, 0.4) is 0 Å². The molecule has 1 unspecified atom stereocenters. The molecule has 0 spiro atoms. The minimum Gasteiger partial charge on any atom is -0.466 e. The van der Waals surface area contributed by atoms with Gasteiger partial charge >= 0.3 is 5.97 Å². The number of ether oxygens (including phenoxy) is 2. The lowest BCUT2D eigenvalue weighted by atomic mass is 10.0. The molecule has 0 amide bonds. The molecule has 0 bridgehead atoms. The molecular weight excluding hydrogens is 516 g/mol. The minimum absolute atomic E-state index is 0.0666. The van der Waals surface area contributed by atoms with Crippen LogP contribution >= 0.6 is 0 Å². The standard InChI is InChI=1S/C23H30N2O3.C7H8O3S/c1-2-27-22(26)11-7-15-25-16-12-21(13-17-25)28-23(19-8-4-3-5-9-19)20-10-6-14-24-18-20;1-6-2-4-7(5-3-6)11(8,9)10/h3-6,8-10,14,18,21,23H,2,7,11-13,15-17H2,1H3;2-5H,1H3,(H,8,9,10). The maximum absolute atomic E-state index is 11.5. The van der Waals surface area contributed by atoms with Crippen LogP contribution in [0.15, 0.2) is 84.0 Å². The molecule has 0 radical (unpaired) electrons. The molecule has 1 fully saturated rings. The van der Waals surface area contributed by atoms with Gasteiger partial charge in [-0.1, -0.05) is 54.1 Å². The van der Waals surface area contributed by atoms with Gasteiger partial charge in [0, 0.05) is 37.5 Å². The van der Waals surface area contributed by atoms with Crippen molar-refractivity contribution in [3.05, 3.63) is 95.8 Å². The van der Waals surface area contributed by atoms with Crippen molar-refractivity contribution in [3.63, 3.8) is 0 Å². The van der Waals surface area contributed by atoms with Crippen LogP contribution in [-0.2, 0) is 24.4 Å². The highest BCUT2D eigenvalue weighted by Gasteiger charge is 2.24. The van der Waals surface area contributed by atoms with Gasteiger partial charge in [0.1, 0.15) is 6.10 Å². The zero-order valence-corrected chi connectivity index (χ0v) is 23.4. The maximum atomic E-state index is 11.5. The van der Waals surface area contributed by atoms with Crippen LogP contribution in [0.25, 0.3) is 0 Å². The van der Waals surface area contributed by atoms with Crippen molar-refractivity contribution >= 4 is 16.1 Å². The highest BCUT2D eigenvalue weighted by atomic mass is 32.2. The Morgan fingerprint density at radius 3 is 2.28 bits per heavy atom. The fraction of sp³-hybridized carbons (Fsp3) is 0.400. The Balaban J connectivity index is 0.000000320. The van der Waals surface area contributed by atoms with E-state index in [-0.39, 0.29) is 23.1 Å². The van der Waals surface area contributed by atoms with E-state index < -0.39 is 10.1 Å². The molecule has 2 aromatic carbocycles. The Labute approximate surface area is 231 Å². The summed E-state index contributed by atoms with van der Waals surface area (Å²) < 4.78 is 41.1. The molecule has 1 aliphatic rings. The molecule has 8 nitrogen and oxygen atoms in total. The number of pyridine rings is 1. The zero-order valence-electron chi connectivity index (χ0n) is 22.6. The van der Waals surface area contributed by atoms with Crippen LogP contribution in [0, 0.1) is 6.92 Å². The number of esters is 1. The smallest absolute Gasteiger partial charge is 0.305 e. The molecule has 210 valence electrons. The summed E-state index contributed by atoms with van der Waals surface area (Å²) in [6.45, 7) is 7.09. The minimum atomic E-state index is -4.02. The quantitative estimate of drug-likeness (QED) is 0.268. The van der Waals surface area contributed by atoms with Crippen LogP contribution in [-0.4, -0.2) is 61.2 Å². The number of aromatic nitrogens is 1. The lowest BCUT2D eigenvalue weighted by Gasteiger charge is -2.34. The number of piperidine rings is 1. The first kappa shape index (κ1) is 30.4. The van der Waals surface area contributed by atoms with E-state index in [0.29, 0.717) is 13.0 Å². The van der Waals surface area contributed by atoms with Gasteiger partial charge in [-0.05, 0) is 63.4 Å². The Morgan fingerprint density at radius 2 is 1.69 bits per heavy atom. The van der Waals surface area contributed by atoms with Gasteiger partial charge in [-0.15, -0.1) is 0 Å². The number of nitrogens with zero attached hydrogens (tertiary/aromatic N) is 2. The van der Waals surface area contributed by atoms with Gasteiger partial charge in [0.2, 0.25) is 0 Å². The Hall–Kier alpha value is -3.11. The second kappa shape index (κ2) is 15.5. The molecule has 1 aliphatic heterocycles. The summed E-state index contributed by atoms with van der Waals surface area (Å²) in [6.07, 6.45) is 7.18. The molecule has 1 atom stereocenters. The number of likely N-dealkylation sites (tertiary alicyclic amines) is 1. The van der Waals surface area contributed by atoms with Gasteiger partial charge in [0.25, 0.3) is 10.1 Å². The van der Waals surface area contributed by atoms with Crippen molar-refractivity contribution in [2.24, 2.45) is 0 Å². The molecule has 1 N–H and O–H groups in total. The predicted molar refractivity (Wildman–Crippen MR) is 150 cm³/mol. The number of hydrogen-bond acceptors (Lipinski definition) is 7. The van der Waals surface area contributed by atoms with E-state index in [9.17, 15) is 13.2 Å². The van der Waals surface area contributed by atoms with Crippen LogP contribution in [0.2, 0.25) is 0 Å². The lowest BCUT2D eigenvalue weighted by Crippen LogP contribution is -2.38. The number of carbonyl (C=O) groups excluding carboxylic acids is 1. The van der Waals surface area contributed by atoms with E-state index in [1.165, 1.54) is 12.1 Å². The third kappa shape index (κ3) is 10.5. The van der Waals surface area contributed by atoms with Gasteiger partial charge in [0.15, 0.2) is 0 Å². The largest absolute Gasteiger partial charge is 0.466 e. The summed E-state index contributed by atoms with van der Waals surface area (Å²) in [5, 5.41) is 0. The van der Waals surface area contributed by atoms with Crippen LogP contribution in [0.1, 0.15) is 55.4 Å². The van der Waals surface area contributed by atoms with Gasteiger partial charge < -0.3 is 14.4 Å². The Kier molecular flexibility index (Phi) is 12.1. The monoisotopic (exact) mass is 554 g/mol. The summed E-state index contributed by atoms with van der Waals surface area (Å²) in [7, 11) is -4.02. The van der Waals surface area contributed by atoms with Crippen molar-refractivity contribution in [1.29, 1.82) is 0 Å². The fourth-order valence-electron chi connectivity index (χ4n) is 4.36. The number of carbonyl (C=O) groups is 1. The predicted octanol–water partition coefficient (Wildman–Crippen LogP) is 5.24. The van der Waals surface area contributed by atoms with Crippen molar-refractivity contribution in [2.45, 2.75) is 56.6 Å². The summed E-state index contributed by atoms with van der Waals surface area (Å²) in [4.78, 5) is 18.1. The molecule has 1 saturated heterocycles. The highest BCUT2D eigenvalue weighted by molar-refractivity contribution is 7.85. The second-order valence-corrected chi connectivity index (χ2v) is 10.9. The summed E-state index contributed by atoms with van der Waals surface area (Å²) in [5.74, 6) is -0.0945. The maximum Gasteiger partial charge on any atom is 0.305 e. The van der Waals surface area contributed by atoms with Crippen molar-refractivity contribution < 1.29 is 27.2 Å².